The Bertz CT molecular complexity index is 1240. The van der Waals surface area contributed by atoms with Crippen LogP contribution in [0.1, 0.15) is 22.3 Å². The Morgan fingerprint density at radius 2 is 1.42 bits per heavy atom. The Labute approximate surface area is 194 Å². The van der Waals surface area contributed by atoms with Gasteiger partial charge in [-0.05, 0) is 46.9 Å². The van der Waals surface area contributed by atoms with Crippen molar-refractivity contribution in [1.29, 1.82) is 0 Å². The molecule has 0 aromatic heterocycles. The fourth-order valence-corrected chi connectivity index (χ4v) is 5.35. The summed E-state index contributed by atoms with van der Waals surface area (Å²) < 4.78 is 50.5. The van der Waals surface area contributed by atoms with Crippen LogP contribution in [0.25, 0.3) is 11.1 Å². The van der Waals surface area contributed by atoms with Gasteiger partial charge < -0.3 is 19.6 Å². The maximum atomic E-state index is 14.0. The third-order valence-corrected chi connectivity index (χ3v) is 7.99. The van der Waals surface area contributed by atoms with E-state index in [0.717, 1.165) is 22.8 Å². The Hall–Kier alpha value is -1.83. The minimum absolute atomic E-state index is 0.0421. The Balaban J connectivity index is 1.63. The zero-order valence-electron chi connectivity index (χ0n) is 17.4. The van der Waals surface area contributed by atoms with E-state index < -0.39 is 26.4 Å². The summed E-state index contributed by atoms with van der Waals surface area (Å²) in [6.45, 7) is 1.40. The predicted octanol–water partition coefficient (Wildman–Crippen LogP) is 5.13. The topological polar surface area (TPSA) is 115 Å². The summed E-state index contributed by atoms with van der Waals surface area (Å²) in [6.07, 6.45) is 0. The highest BCUT2D eigenvalue weighted by molar-refractivity contribution is 7.97. The van der Waals surface area contributed by atoms with Gasteiger partial charge in [-0.25, -0.2) is 0 Å². The molecule has 3 aromatic carbocycles. The molecule has 4 N–H and O–H groups in total. The maximum absolute atomic E-state index is 14.0. The molecule has 0 unspecified atom stereocenters. The molecular formula is C22H22F2O6P2S. The summed E-state index contributed by atoms with van der Waals surface area (Å²) in [4.78, 5) is 36.5. The summed E-state index contributed by atoms with van der Waals surface area (Å²) in [5.41, 5.74) is -1.51. The Morgan fingerprint density at radius 3 is 2.00 bits per heavy atom. The van der Waals surface area contributed by atoms with Crippen LogP contribution in [-0.4, -0.2) is 19.6 Å². The second kappa shape index (κ2) is 9.80. The van der Waals surface area contributed by atoms with Crippen molar-refractivity contribution < 1.29 is 37.5 Å². The first-order valence-electron chi connectivity index (χ1n) is 9.66. The lowest BCUT2D eigenvalue weighted by molar-refractivity contribution is 0.0558. The van der Waals surface area contributed by atoms with Crippen LogP contribution in [0.2, 0.25) is 0 Å². The number of aryl methyl sites for hydroxylation is 1. The molecule has 176 valence electrons. The standard InChI is InChI=1S/C22H22F2O6P2S/c1-15-11-17(7-10-21(15)22(23,24)32(28,29)30)14-33-13-16-5-8-18(9-6-16)19-3-2-4-20(12-19)31(25,26)27/h2-12H,13-14H2,1H3,(H2,25,26,27)(H2,28,29,30). The van der Waals surface area contributed by atoms with Gasteiger partial charge in [0.15, 0.2) is 0 Å². The fraction of sp³-hybridized carbons (Fsp3) is 0.182. The van der Waals surface area contributed by atoms with Crippen molar-refractivity contribution in [3.05, 3.63) is 89.0 Å². The molecule has 6 nitrogen and oxygen atoms in total. The van der Waals surface area contributed by atoms with Crippen molar-refractivity contribution in [3.63, 3.8) is 0 Å². The lowest BCUT2D eigenvalue weighted by atomic mass is 10.0. The van der Waals surface area contributed by atoms with E-state index in [-0.39, 0.29) is 10.9 Å². The largest absolute Gasteiger partial charge is 0.399 e. The average Bonchev–Trinajstić information content (AvgIpc) is 2.73. The second-order valence-corrected chi connectivity index (χ2v) is 11.8. The van der Waals surface area contributed by atoms with E-state index >= 15 is 0 Å². The van der Waals surface area contributed by atoms with E-state index in [4.69, 9.17) is 9.79 Å². The lowest BCUT2D eigenvalue weighted by Gasteiger charge is -2.20. The van der Waals surface area contributed by atoms with E-state index in [2.05, 4.69) is 0 Å². The molecule has 3 rings (SSSR count). The predicted molar refractivity (Wildman–Crippen MR) is 126 cm³/mol. The smallest absolute Gasteiger partial charge is 0.321 e. The van der Waals surface area contributed by atoms with Crippen molar-refractivity contribution in [2.75, 3.05) is 0 Å². The van der Waals surface area contributed by atoms with Crippen LogP contribution in [0.4, 0.5) is 8.78 Å². The van der Waals surface area contributed by atoms with Gasteiger partial charge in [-0.1, -0.05) is 54.6 Å². The van der Waals surface area contributed by atoms with E-state index in [1.54, 1.807) is 23.9 Å². The first-order chi connectivity index (χ1) is 15.3. The highest BCUT2D eigenvalue weighted by atomic mass is 32.2. The van der Waals surface area contributed by atoms with Gasteiger partial charge >= 0.3 is 20.9 Å². The first-order valence-corrected chi connectivity index (χ1v) is 14.0. The SMILES string of the molecule is Cc1cc(CSCc2ccc(-c3cccc(P(=O)(O)O)c3)cc2)ccc1C(F)(F)P(=O)(O)O. The monoisotopic (exact) mass is 514 g/mol. The molecule has 11 heteroatoms. The van der Waals surface area contributed by atoms with Crippen molar-refractivity contribution >= 4 is 32.3 Å². The van der Waals surface area contributed by atoms with E-state index in [0.29, 0.717) is 17.1 Å². The minimum atomic E-state index is -5.61. The normalized spacial score (nSPS) is 12.7. The molecule has 0 spiro atoms. The average molecular weight is 514 g/mol. The highest BCUT2D eigenvalue weighted by Crippen LogP contribution is 2.59. The van der Waals surface area contributed by atoms with Crippen molar-refractivity contribution in [1.82, 2.24) is 0 Å². The number of halogens is 2. The molecule has 0 bridgehead atoms. The summed E-state index contributed by atoms with van der Waals surface area (Å²) >= 11 is 1.55. The molecule has 0 fully saturated rings. The number of hydrogen-bond acceptors (Lipinski definition) is 3. The summed E-state index contributed by atoms with van der Waals surface area (Å²) in [5.74, 6) is 1.16. The van der Waals surface area contributed by atoms with Crippen LogP contribution in [-0.2, 0) is 26.3 Å². The molecule has 3 aromatic rings. The number of thioether (sulfide) groups is 1. The molecule has 0 saturated heterocycles. The van der Waals surface area contributed by atoms with Crippen molar-refractivity contribution in [2.45, 2.75) is 24.1 Å². The van der Waals surface area contributed by atoms with Gasteiger partial charge in [0.05, 0.1) is 5.30 Å². The number of hydrogen-bond donors (Lipinski definition) is 4. The van der Waals surface area contributed by atoms with Crippen molar-refractivity contribution in [2.24, 2.45) is 0 Å². The van der Waals surface area contributed by atoms with Crippen LogP contribution >= 0.6 is 27.0 Å². The Kier molecular flexibility index (Phi) is 7.66. The van der Waals surface area contributed by atoms with Gasteiger partial charge in [0.2, 0.25) is 0 Å². The molecular weight excluding hydrogens is 492 g/mol. The molecule has 0 atom stereocenters. The van der Waals surface area contributed by atoms with Crippen molar-refractivity contribution in [3.8, 4) is 11.1 Å². The van der Waals surface area contributed by atoms with Crippen LogP contribution < -0.4 is 5.30 Å². The summed E-state index contributed by atoms with van der Waals surface area (Å²) in [7, 11) is -9.94. The van der Waals surface area contributed by atoms with E-state index in [9.17, 15) is 27.7 Å². The third kappa shape index (κ3) is 6.19. The van der Waals surface area contributed by atoms with Gasteiger partial charge in [-0.3, -0.25) is 9.13 Å². The molecule has 0 aliphatic heterocycles. The third-order valence-electron chi connectivity index (χ3n) is 4.99. The van der Waals surface area contributed by atoms with Gasteiger partial charge in [-0.15, -0.1) is 0 Å². The molecule has 0 aliphatic rings. The van der Waals surface area contributed by atoms with E-state index in [1.807, 2.05) is 24.3 Å². The minimum Gasteiger partial charge on any atom is -0.321 e. The van der Waals surface area contributed by atoms with Crippen LogP contribution in [0.3, 0.4) is 0 Å². The first kappa shape index (κ1) is 25.8. The van der Waals surface area contributed by atoms with Gasteiger partial charge in [0.1, 0.15) is 0 Å². The molecule has 0 saturated carbocycles. The lowest BCUT2D eigenvalue weighted by Crippen LogP contribution is -2.15. The maximum Gasteiger partial charge on any atom is 0.399 e. The fourth-order valence-electron chi connectivity index (χ4n) is 3.26. The number of rotatable bonds is 8. The molecule has 0 amide bonds. The highest BCUT2D eigenvalue weighted by Gasteiger charge is 2.51. The number of benzene rings is 3. The molecule has 33 heavy (non-hydrogen) atoms. The van der Waals surface area contributed by atoms with Gasteiger partial charge in [0, 0.05) is 17.1 Å². The zero-order chi connectivity index (χ0) is 24.4. The van der Waals surface area contributed by atoms with Gasteiger partial charge in [-0.2, -0.15) is 20.5 Å². The molecule has 0 radical (unpaired) electrons. The number of alkyl halides is 2. The second-order valence-electron chi connectivity index (χ2n) is 7.52. The molecule has 0 heterocycles. The quantitative estimate of drug-likeness (QED) is 0.308. The molecule has 0 aliphatic carbocycles. The zero-order valence-corrected chi connectivity index (χ0v) is 20.0. The van der Waals surface area contributed by atoms with Crippen LogP contribution in [0.15, 0.2) is 66.7 Å². The summed E-state index contributed by atoms with van der Waals surface area (Å²) in [5, 5.41) is -0.0421. The summed E-state index contributed by atoms with van der Waals surface area (Å²) in [6, 6.07) is 17.7. The van der Waals surface area contributed by atoms with Gasteiger partial charge in [0.25, 0.3) is 0 Å². The van der Waals surface area contributed by atoms with E-state index in [1.165, 1.54) is 31.2 Å². The van der Waals surface area contributed by atoms with Crippen LogP contribution in [0, 0.1) is 6.92 Å². The Morgan fingerprint density at radius 1 is 0.818 bits per heavy atom. The van der Waals surface area contributed by atoms with Crippen LogP contribution in [0.5, 0.6) is 0 Å².